The van der Waals surface area contributed by atoms with Gasteiger partial charge in [0.05, 0.1) is 17.1 Å². The number of aromatic nitrogens is 1. The first-order chi connectivity index (χ1) is 9.49. The van der Waals surface area contributed by atoms with E-state index in [1.807, 2.05) is 0 Å². The normalized spacial score (nSPS) is 10.2. The number of pyridine rings is 1. The molecule has 2 N–H and O–H groups in total. The maximum atomic E-state index is 13.1. The molecule has 0 saturated heterocycles. The maximum absolute atomic E-state index is 13.1. The van der Waals surface area contributed by atoms with E-state index in [2.05, 4.69) is 15.6 Å². The number of benzene rings is 1. The molecule has 1 heterocycles. The van der Waals surface area contributed by atoms with E-state index in [4.69, 9.17) is 0 Å². The molecule has 0 aliphatic carbocycles. The van der Waals surface area contributed by atoms with Gasteiger partial charge in [-0.05, 0) is 12.1 Å². The molecule has 0 unspecified atom stereocenters. The van der Waals surface area contributed by atoms with Crippen LogP contribution < -0.4 is 10.6 Å². The first-order valence-electron chi connectivity index (χ1n) is 5.56. The second-order valence-corrected chi connectivity index (χ2v) is 3.86. The van der Waals surface area contributed by atoms with Crippen LogP contribution in [0.5, 0.6) is 0 Å². The third-order valence-electron chi connectivity index (χ3n) is 2.47. The Labute approximate surface area is 112 Å². The summed E-state index contributed by atoms with van der Waals surface area (Å²) in [5.41, 5.74) is 0.0633. The minimum atomic E-state index is -1.02. The summed E-state index contributed by atoms with van der Waals surface area (Å²) in [4.78, 5) is 14.3. The molecule has 6 nitrogen and oxygen atoms in total. The van der Waals surface area contributed by atoms with Crippen LogP contribution in [0.1, 0.15) is 0 Å². The van der Waals surface area contributed by atoms with Gasteiger partial charge < -0.3 is 10.6 Å². The van der Waals surface area contributed by atoms with Gasteiger partial charge in [0.25, 0.3) is 5.69 Å². The summed E-state index contributed by atoms with van der Waals surface area (Å²) in [6.07, 6.45) is 0. The Bertz CT molecular complexity index is 664. The number of nitrogens with zero attached hydrogens (tertiary/aromatic N) is 2. The molecule has 2 aromatic rings. The van der Waals surface area contributed by atoms with E-state index < -0.39 is 16.6 Å². The second-order valence-electron chi connectivity index (χ2n) is 3.86. The highest BCUT2D eigenvalue weighted by Gasteiger charge is 2.11. The lowest BCUT2D eigenvalue weighted by Gasteiger charge is -2.08. The van der Waals surface area contributed by atoms with Crippen LogP contribution in [0, 0.1) is 21.7 Å². The van der Waals surface area contributed by atoms with Crippen LogP contribution in [-0.2, 0) is 0 Å². The first-order valence-corrected chi connectivity index (χ1v) is 5.56. The Morgan fingerprint density at radius 1 is 1.15 bits per heavy atom. The summed E-state index contributed by atoms with van der Waals surface area (Å²) < 4.78 is 25.9. The Morgan fingerprint density at radius 3 is 2.45 bits per heavy atom. The van der Waals surface area contributed by atoms with Crippen molar-refractivity contribution in [3.63, 3.8) is 0 Å². The van der Waals surface area contributed by atoms with Crippen LogP contribution in [0.4, 0.5) is 31.8 Å². The molecular formula is C12H10F2N4O2. The Kier molecular flexibility index (Phi) is 3.74. The fraction of sp³-hybridized carbons (Fsp3) is 0.0833. The summed E-state index contributed by atoms with van der Waals surface area (Å²) in [7, 11) is 1.56. The van der Waals surface area contributed by atoms with Gasteiger partial charge in [0, 0.05) is 18.8 Å². The number of hydrogen-bond acceptors (Lipinski definition) is 5. The predicted octanol–water partition coefficient (Wildman–Crippen LogP) is 3.05. The monoisotopic (exact) mass is 280 g/mol. The van der Waals surface area contributed by atoms with E-state index >= 15 is 0 Å². The molecule has 0 saturated carbocycles. The van der Waals surface area contributed by atoms with Crippen molar-refractivity contribution in [1.29, 1.82) is 0 Å². The molecule has 104 valence electrons. The molecule has 0 aliphatic heterocycles. The molecule has 8 heteroatoms. The minimum absolute atomic E-state index is 0.148. The predicted molar refractivity (Wildman–Crippen MR) is 70.1 cm³/mol. The van der Waals surface area contributed by atoms with Crippen LogP contribution in [0.2, 0.25) is 0 Å². The number of hydrogen-bond donors (Lipinski definition) is 2. The van der Waals surface area contributed by atoms with E-state index in [0.29, 0.717) is 0 Å². The zero-order valence-electron chi connectivity index (χ0n) is 10.4. The number of rotatable bonds is 4. The molecule has 20 heavy (non-hydrogen) atoms. The van der Waals surface area contributed by atoms with Crippen molar-refractivity contribution >= 4 is 23.0 Å². The SMILES string of the molecule is CNc1cc([N+](=O)[O-])cc(Nc2ccc(F)c(F)c2)n1. The van der Waals surface area contributed by atoms with Crippen LogP contribution in [-0.4, -0.2) is 17.0 Å². The highest BCUT2D eigenvalue weighted by molar-refractivity contribution is 5.62. The van der Waals surface area contributed by atoms with Crippen molar-refractivity contribution in [2.45, 2.75) is 0 Å². The van der Waals surface area contributed by atoms with Gasteiger partial charge in [-0.2, -0.15) is 0 Å². The van der Waals surface area contributed by atoms with Gasteiger partial charge in [-0.3, -0.25) is 10.1 Å². The fourth-order valence-electron chi connectivity index (χ4n) is 1.54. The highest BCUT2D eigenvalue weighted by atomic mass is 19.2. The largest absolute Gasteiger partial charge is 0.373 e. The Morgan fingerprint density at radius 2 is 1.85 bits per heavy atom. The molecule has 0 fully saturated rings. The van der Waals surface area contributed by atoms with Gasteiger partial charge >= 0.3 is 0 Å². The van der Waals surface area contributed by atoms with Crippen molar-refractivity contribution in [3.8, 4) is 0 Å². The number of halogens is 2. The minimum Gasteiger partial charge on any atom is -0.373 e. The molecule has 0 aliphatic rings. The van der Waals surface area contributed by atoms with Crippen LogP contribution in [0.25, 0.3) is 0 Å². The van der Waals surface area contributed by atoms with Gasteiger partial charge in [0.15, 0.2) is 11.6 Å². The molecular weight excluding hydrogens is 270 g/mol. The van der Waals surface area contributed by atoms with Crippen LogP contribution >= 0.6 is 0 Å². The average molecular weight is 280 g/mol. The number of anilines is 3. The third-order valence-corrected chi connectivity index (χ3v) is 2.47. The number of nitrogens with one attached hydrogen (secondary N) is 2. The lowest BCUT2D eigenvalue weighted by molar-refractivity contribution is -0.384. The summed E-state index contributed by atoms with van der Waals surface area (Å²) >= 11 is 0. The topological polar surface area (TPSA) is 80.1 Å². The molecule has 1 aromatic carbocycles. The highest BCUT2D eigenvalue weighted by Crippen LogP contribution is 2.24. The standard InChI is InChI=1S/C12H10F2N4O2/c1-15-11-5-8(18(19)20)6-12(17-11)16-7-2-3-9(13)10(14)4-7/h2-6H,1H3,(H2,15,16,17). The van der Waals surface area contributed by atoms with E-state index in [1.54, 1.807) is 7.05 Å². The molecule has 0 bridgehead atoms. The second kappa shape index (κ2) is 5.47. The van der Waals surface area contributed by atoms with Gasteiger partial charge in [0.2, 0.25) is 0 Å². The van der Waals surface area contributed by atoms with Gasteiger partial charge in [-0.25, -0.2) is 13.8 Å². The van der Waals surface area contributed by atoms with Crippen molar-refractivity contribution in [2.24, 2.45) is 0 Å². The first kappa shape index (κ1) is 13.7. The smallest absolute Gasteiger partial charge is 0.276 e. The van der Waals surface area contributed by atoms with E-state index in [1.165, 1.54) is 18.2 Å². The molecule has 0 spiro atoms. The summed E-state index contributed by atoms with van der Waals surface area (Å²) in [6, 6.07) is 5.65. The van der Waals surface area contributed by atoms with Crippen LogP contribution in [0.3, 0.4) is 0 Å². The van der Waals surface area contributed by atoms with Crippen molar-refractivity contribution in [2.75, 3.05) is 17.7 Å². The van der Waals surface area contributed by atoms with Crippen molar-refractivity contribution < 1.29 is 13.7 Å². The van der Waals surface area contributed by atoms with Gasteiger partial charge in [-0.15, -0.1) is 0 Å². The lowest BCUT2D eigenvalue weighted by Crippen LogP contribution is -2.01. The zero-order chi connectivity index (χ0) is 14.7. The zero-order valence-corrected chi connectivity index (χ0v) is 10.4. The Hall–Kier alpha value is -2.77. The van der Waals surface area contributed by atoms with E-state index in [0.717, 1.165) is 12.1 Å². The molecule has 0 atom stereocenters. The average Bonchev–Trinajstić information content (AvgIpc) is 2.42. The summed E-state index contributed by atoms with van der Waals surface area (Å²) in [5, 5.41) is 16.1. The maximum Gasteiger partial charge on any atom is 0.276 e. The quantitative estimate of drug-likeness (QED) is 0.664. The van der Waals surface area contributed by atoms with Crippen molar-refractivity contribution in [1.82, 2.24) is 4.98 Å². The molecule has 0 radical (unpaired) electrons. The van der Waals surface area contributed by atoms with Gasteiger partial charge in [-0.1, -0.05) is 0 Å². The number of nitro groups is 1. The molecule has 1 aromatic heterocycles. The Balaban J connectivity index is 2.34. The third kappa shape index (κ3) is 2.97. The van der Waals surface area contributed by atoms with Crippen LogP contribution in [0.15, 0.2) is 30.3 Å². The summed E-state index contributed by atoms with van der Waals surface area (Å²) in [5.74, 6) is -1.56. The molecule has 0 amide bonds. The fourth-order valence-corrected chi connectivity index (χ4v) is 1.54. The van der Waals surface area contributed by atoms with Gasteiger partial charge in [0.1, 0.15) is 11.6 Å². The summed E-state index contributed by atoms with van der Waals surface area (Å²) in [6.45, 7) is 0. The van der Waals surface area contributed by atoms with E-state index in [-0.39, 0.29) is 23.0 Å². The van der Waals surface area contributed by atoms with Crippen molar-refractivity contribution in [3.05, 3.63) is 52.1 Å². The molecule has 2 rings (SSSR count). The lowest BCUT2D eigenvalue weighted by atomic mass is 10.3. The van der Waals surface area contributed by atoms with E-state index in [9.17, 15) is 18.9 Å².